The molecule has 1 aliphatic rings. The van der Waals surface area contributed by atoms with E-state index in [0.717, 1.165) is 29.8 Å². The number of nitrogens with one attached hydrogen (secondary N) is 1. The lowest BCUT2D eigenvalue weighted by atomic mass is 9.92. The molecule has 0 aromatic heterocycles. The maximum absolute atomic E-state index is 11.9. The molecular formula is C21H25N3O2. The molecule has 0 aliphatic heterocycles. The fourth-order valence-electron chi connectivity index (χ4n) is 3.02. The molecule has 3 rings (SSSR count). The molecule has 0 atom stereocenters. The molecular weight excluding hydrogens is 326 g/mol. The quantitative estimate of drug-likeness (QED) is 0.642. The van der Waals surface area contributed by atoms with Crippen molar-refractivity contribution >= 4 is 17.8 Å². The van der Waals surface area contributed by atoms with Gasteiger partial charge in [0, 0.05) is 19.8 Å². The fraction of sp³-hybridized carbons (Fsp3) is 0.333. The van der Waals surface area contributed by atoms with Crippen LogP contribution in [0, 0.1) is 0 Å². The van der Waals surface area contributed by atoms with Crippen LogP contribution in [0.2, 0.25) is 0 Å². The molecule has 0 fully saturated rings. The molecule has 136 valence electrons. The standard InChI is InChI=1S/C21H25N3O2/c1-24(2)19-10-7-16(8-11-19)14-22-23-21(25)15-26-20-12-9-17-5-3-4-6-18(17)13-20/h7-14H,3-6,15H2,1-2H3,(H,23,25)/b22-14+. The minimum Gasteiger partial charge on any atom is -0.484 e. The van der Waals surface area contributed by atoms with E-state index in [2.05, 4.69) is 22.7 Å². The first-order valence-corrected chi connectivity index (χ1v) is 8.96. The van der Waals surface area contributed by atoms with E-state index in [1.54, 1.807) is 6.21 Å². The number of carbonyl (C=O) groups excluding carboxylic acids is 1. The fourth-order valence-corrected chi connectivity index (χ4v) is 3.02. The lowest BCUT2D eigenvalue weighted by Gasteiger charge is -2.16. The smallest absolute Gasteiger partial charge is 0.277 e. The number of benzene rings is 2. The number of fused-ring (bicyclic) bond motifs is 1. The number of anilines is 1. The third-order valence-electron chi connectivity index (χ3n) is 4.50. The van der Waals surface area contributed by atoms with E-state index in [1.807, 2.05) is 49.3 Å². The molecule has 26 heavy (non-hydrogen) atoms. The van der Waals surface area contributed by atoms with Gasteiger partial charge in [-0.05, 0) is 66.6 Å². The number of nitrogens with zero attached hydrogens (tertiary/aromatic N) is 2. The van der Waals surface area contributed by atoms with Gasteiger partial charge in [0.05, 0.1) is 6.21 Å². The van der Waals surface area contributed by atoms with Crippen LogP contribution >= 0.6 is 0 Å². The van der Waals surface area contributed by atoms with E-state index in [4.69, 9.17) is 4.74 Å². The number of rotatable bonds is 6. The number of aryl methyl sites for hydroxylation is 2. The minimum atomic E-state index is -0.274. The van der Waals surface area contributed by atoms with Gasteiger partial charge >= 0.3 is 0 Å². The third-order valence-corrected chi connectivity index (χ3v) is 4.50. The predicted molar refractivity (Wildman–Crippen MR) is 105 cm³/mol. The number of hydrazone groups is 1. The molecule has 0 radical (unpaired) electrons. The highest BCUT2D eigenvalue weighted by Gasteiger charge is 2.10. The summed E-state index contributed by atoms with van der Waals surface area (Å²) in [5, 5.41) is 3.98. The van der Waals surface area contributed by atoms with Gasteiger partial charge in [-0.1, -0.05) is 18.2 Å². The SMILES string of the molecule is CN(C)c1ccc(/C=N/NC(=O)COc2ccc3c(c2)CCCC3)cc1. The summed E-state index contributed by atoms with van der Waals surface area (Å²) < 4.78 is 5.59. The number of hydrogen-bond acceptors (Lipinski definition) is 4. The lowest BCUT2D eigenvalue weighted by Crippen LogP contribution is -2.24. The Morgan fingerprint density at radius 3 is 2.58 bits per heavy atom. The Kier molecular flexibility index (Phi) is 5.89. The number of ether oxygens (including phenoxy) is 1. The molecule has 0 heterocycles. The van der Waals surface area contributed by atoms with Gasteiger partial charge in [0.15, 0.2) is 6.61 Å². The van der Waals surface area contributed by atoms with Gasteiger partial charge in [-0.15, -0.1) is 0 Å². The Morgan fingerprint density at radius 2 is 1.85 bits per heavy atom. The molecule has 0 unspecified atom stereocenters. The number of carbonyl (C=O) groups is 1. The molecule has 1 aliphatic carbocycles. The van der Waals surface area contributed by atoms with Gasteiger partial charge in [-0.25, -0.2) is 5.43 Å². The molecule has 2 aromatic carbocycles. The average Bonchev–Trinajstić information content (AvgIpc) is 2.66. The van der Waals surface area contributed by atoms with Gasteiger partial charge in [-0.3, -0.25) is 4.79 Å². The van der Waals surface area contributed by atoms with Crippen LogP contribution in [0.3, 0.4) is 0 Å². The summed E-state index contributed by atoms with van der Waals surface area (Å²) in [5.74, 6) is 0.466. The third kappa shape index (κ3) is 4.85. The first-order chi connectivity index (χ1) is 12.6. The van der Waals surface area contributed by atoms with Gasteiger partial charge in [0.1, 0.15) is 5.75 Å². The zero-order valence-electron chi connectivity index (χ0n) is 15.4. The summed E-state index contributed by atoms with van der Waals surface area (Å²) in [4.78, 5) is 13.9. The number of hydrogen-bond donors (Lipinski definition) is 1. The predicted octanol–water partition coefficient (Wildman–Crippen LogP) is 3.16. The molecule has 0 bridgehead atoms. The Balaban J connectivity index is 1.46. The van der Waals surface area contributed by atoms with Crippen LogP contribution in [0.4, 0.5) is 5.69 Å². The van der Waals surface area contributed by atoms with E-state index in [9.17, 15) is 4.79 Å². The lowest BCUT2D eigenvalue weighted by molar-refractivity contribution is -0.123. The minimum absolute atomic E-state index is 0.0459. The van der Waals surface area contributed by atoms with Crippen LogP contribution in [-0.4, -0.2) is 32.8 Å². The summed E-state index contributed by atoms with van der Waals surface area (Å²) in [6, 6.07) is 14.0. The average molecular weight is 351 g/mol. The van der Waals surface area contributed by atoms with E-state index in [0.29, 0.717) is 0 Å². The van der Waals surface area contributed by atoms with Crippen molar-refractivity contribution in [1.29, 1.82) is 0 Å². The summed E-state index contributed by atoms with van der Waals surface area (Å²) in [7, 11) is 3.98. The summed E-state index contributed by atoms with van der Waals surface area (Å²) in [5.41, 5.74) is 7.28. The molecule has 0 saturated heterocycles. The van der Waals surface area contributed by atoms with Gasteiger partial charge in [-0.2, -0.15) is 5.10 Å². The largest absolute Gasteiger partial charge is 0.484 e. The first-order valence-electron chi connectivity index (χ1n) is 8.96. The summed E-state index contributed by atoms with van der Waals surface area (Å²) >= 11 is 0. The van der Waals surface area contributed by atoms with Crippen molar-refractivity contribution in [1.82, 2.24) is 5.43 Å². The maximum Gasteiger partial charge on any atom is 0.277 e. The van der Waals surface area contributed by atoms with Crippen molar-refractivity contribution in [3.63, 3.8) is 0 Å². The summed E-state index contributed by atoms with van der Waals surface area (Å²) in [6.07, 6.45) is 6.33. The molecule has 1 amide bonds. The Hall–Kier alpha value is -2.82. The van der Waals surface area contributed by atoms with Crippen molar-refractivity contribution in [2.75, 3.05) is 25.6 Å². The van der Waals surface area contributed by atoms with Crippen molar-refractivity contribution in [3.8, 4) is 5.75 Å². The molecule has 5 nitrogen and oxygen atoms in total. The van der Waals surface area contributed by atoms with Crippen LogP contribution < -0.4 is 15.1 Å². The van der Waals surface area contributed by atoms with E-state index in [-0.39, 0.29) is 12.5 Å². The molecule has 1 N–H and O–H groups in total. The van der Waals surface area contributed by atoms with E-state index < -0.39 is 0 Å². The molecule has 0 saturated carbocycles. The zero-order valence-corrected chi connectivity index (χ0v) is 15.4. The topological polar surface area (TPSA) is 53.9 Å². The molecule has 5 heteroatoms. The van der Waals surface area contributed by atoms with Crippen LogP contribution in [0.25, 0.3) is 0 Å². The van der Waals surface area contributed by atoms with Crippen LogP contribution in [0.1, 0.15) is 29.5 Å². The zero-order chi connectivity index (χ0) is 18.4. The second kappa shape index (κ2) is 8.52. The first kappa shape index (κ1) is 18.0. The Bertz CT molecular complexity index is 782. The Labute approximate surface area is 154 Å². The second-order valence-electron chi connectivity index (χ2n) is 6.71. The maximum atomic E-state index is 11.9. The van der Waals surface area contributed by atoms with Crippen molar-refractivity contribution in [2.24, 2.45) is 5.10 Å². The Morgan fingerprint density at radius 1 is 1.12 bits per heavy atom. The van der Waals surface area contributed by atoms with Gasteiger partial charge in [0.2, 0.25) is 0 Å². The van der Waals surface area contributed by atoms with Crippen LogP contribution in [0.15, 0.2) is 47.6 Å². The van der Waals surface area contributed by atoms with Gasteiger partial charge < -0.3 is 9.64 Å². The van der Waals surface area contributed by atoms with E-state index in [1.165, 1.54) is 24.0 Å². The van der Waals surface area contributed by atoms with Crippen molar-refractivity contribution in [3.05, 3.63) is 59.2 Å². The van der Waals surface area contributed by atoms with Crippen molar-refractivity contribution in [2.45, 2.75) is 25.7 Å². The van der Waals surface area contributed by atoms with Crippen molar-refractivity contribution < 1.29 is 9.53 Å². The van der Waals surface area contributed by atoms with E-state index >= 15 is 0 Å². The molecule has 2 aromatic rings. The summed E-state index contributed by atoms with van der Waals surface area (Å²) in [6.45, 7) is -0.0459. The molecule has 0 spiro atoms. The normalized spacial score (nSPS) is 13.3. The van der Waals surface area contributed by atoms with Crippen LogP contribution in [0.5, 0.6) is 5.75 Å². The van der Waals surface area contributed by atoms with Gasteiger partial charge in [0.25, 0.3) is 5.91 Å². The number of amides is 1. The highest BCUT2D eigenvalue weighted by atomic mass is 16.5. The highest BCUT2D eigenvalue weighted by Crippen LogP contribution is 2.25. The monoisotopic (exact) mass is 351 g/mol. The second-order valence-corrected chi connectivity index (χ2v) is 6.71. The van der Waals surface area contributed by atoms with Crippen LogP contribution in [-0.2, 0) is 17.6 Å². The highest BCUT2D eigenvalue weighted by molar-refractivity contribution is 5.83.